The second-order valence-corrected chi connectivity index (χ2v) is 6.56. The Balaban J connectivity index is 1.70. The molecule has 0 fully saturated rings. The first kappa shape index (κ1) is 19.4. The first-order chi connectivity index (χ1) is 14.5. The summed E-state index contributed by atoms with van der Waals surface area (Å²) in [6.45, 7) is 0.721. The fourth-order valence-corrected chi connectivity index (χ4v) is 3.07. The molecule has 0 aliphatic carbocycles. The molecule has 1 N–H and O–H groups in total. The SMILES string of the molecule is COc1ccc(C(=O)Nc2cc3c(cc2C(=O)c2ccc(F)cc2)OCCO3)cc1. The molecule has 0 aromatic heterocycles. The van der Waals surface area contributed by atoms with E-state index < -0.39 is 11.7 Å². The highest BCUT2D eigenvalue weighted by atomic mass is 19.1. The number of carbonyl (C=O) groups is 2. The summed E-state index contributed by atoms with van der Waals surface area (Å²) in [6, 6.07) is 14.9. The van der Waals surface area contributed by atoms with E-state index in [0.29, 0.717) is 36.0 Å². The van der Waals surface area contributed by atoms with Crippen molar-refractivity contribution in [3.8, 4) is 17.2 Å². The minimum absolute atomic E-state index is 0.215. The van der Waals surface area contributed by atoms with Crippen LogP contribution in [-0.4, -0.2) is 32.0 Å². The van der Waals surface area contributed by atoms with Gasteiger partial charge in [-0.3, -0.25) is 9.59 Å². The van der Waals surface area contributed by atoms with Gasteiger partial charge in [0.05, 0.1) is 18.4 Å². The van der Waals surface area contributed by atoms with E-state index in [2.05, 4.69) is 5.32 Å². The molecule has 0 bridgehead atoms. The average Bonchev–Trinajstić information content (AvgIpc) is 2.78. The fourth-order valence-electron chi connectivity index (χ4n) is 3.07. The summed E-state index contributed by atoms with van der Waals surface area (Å²) >= 11 is 0. The zero-order chi connectivity index (χ0) is 21.1. The van der Waals surface area contributed by atoms with Crippen LogP contribution >= 0.6 is 0 Å². The van der Waals surface area contributed by atoms with Gasteiger partial charge in [-0.05, 0) is 54.6 Å². The number of ketones is 1. The van der Waals surface area contributed by atoms with Crippen molar-refractivity contribution in [1.29, 1.82) is 0 Å². The highest BCUT2D eigenvalue weighted by Gasteiger charge is 2.22. The van der Waals surface area contributed by atoms with Gasteiger partial charge >= 0.3 is 0 Å². The summed E-state index contributed by atoms with van der Waals surface area (Å²) in [5.74, 6) is 0.246. The van der Waals surface area contributed by atoms with Crippen LogP contribution in [0.2, 0.25) is 0 Å². The minimum Gasteiger partial charge on any atom is -0.497 e. The third-order valence-corrected chi connectivity index (χ3v) is 4.63. The van der Waals surface area contributed by atoms with Crippen molar-refractivity contribution in [2.24, 2.45) is 0 Å². The zero-order valence-corrected chi connectivity index (χ0v) is 16.1. The maximum absolute atomic E-state index is 13.3. The fraction of sp³-hybridized carbons (Fsp3) is 0.130. The van der Waals surface area contributed by atoms with Crippen LogP contribution in [0.5, 0.6) is 17.2 Å². The Labute approximate surface area is 172 Å². The molecule has 0 atom stereocenters. The van der Waals surface area contributed by atoms with E-state index in [0.717, 1.165) is 0 Å². The number of rotatable bonds is 5. The minimum atomic E-state index is -0.443. The van der Waals surface area contributed by atoms with Gasteiger partial charge in [-0.2, -0.15) is 0 Å². The van der Waals surface area contributed by atoms with Gasteiger partial charge in [0, 0.05) is 17.2 Å². The summed E-state index contributed by atoms with van der Waals surface area (Å²) in [7, 11) is 1.54. The maximum atomic E-state index is 13.3. The molecule has 0 radical (unpaired) electrons. The monoisotopic (exact) mass is 407 g/mol. The van der Waals surface area contributed by atoms with Crippen LogP contribution < -0.4 is 19.5 Å². The molecular weight excluding hydrogens is 389 g/mol. The van der Waals surface area contributed by atoms with Crippen molar-refractivity contribution < 1.29 is 28.2 Å². The van der Waals surface area contributed by atoms with Gasteiger partial charge in [0.15, 0.2) is 17.3 Å². The van der Waals surface area contributed by atoms with Crippen LogP contribution in [0, 0.1) is 5.82 Å². The van der Waals surface area contributed by atoms with Crippen molar-refractivity contribution in [2.45, 2.75) is 0 Å². The molecule has 30 heavy (non-hydrogen) atoms. The highest BCUT2D eigenvalue weighted by molar-refractivity contribution is 6.15. The number of halogens is 1. The van der Waals surface area contributed by atoms with E-state index in [1.807, 2.05) is 0 Å². The third kappa shape index (κ3) is 3.96. The number of nitrogens with one attached hydrogen (secondary N) is 1. The van der Waals surface area contributed by atoms with Crippen LogP contribution in [0.25, 0.3) is 0 Å². The highest BCUT2D eigenvalue weighted by Crippen LogP contribution is 2.37. The lowest BCUT2D eigenvalue weighted by molar-refractivity contribution is 0.102. The third-order valence-electron chi connectivity index (χ3n) is 4.63. The van der Waals surface area contributed by atoms with Gasteiger partial charge in [-0.15, -0.1) is 0 Å². The Morgan fingerprint density at radius 3 is 2.13 bits per heavy atom. The van der Waals surface area contributed by atoms with E-state index in [1.54, 1.807) is 30.3 Å². The Bertz CT molecular complexity index is 1090. The number of fused-ring (bicyclic) bond motifs is 1. The zero-order valence-electron chi connectivity index (χ0n) is 16.1. The van der Waals surface area contributed by atoms with Gasteiger partial charge < -0.3 is 19.5 Å². The summed E-state index contributed by atoms with van der Waals surface area (Å²) < 4.78 is 29.5. The van der Waals surface area contributed by atoms with E-state index in [9.17, 15) is 14.0 Å². The van der Waals surface area contributed by atoms with Crippen LogP contribution in [-0.2, 0) is 0 Å². The molecule has 1 amide bonds. The molecule has 1 aliphatic heterocycles. The molecule has 1 heterocycles. The van der Waals surface area contributed by atoms with E-state index in [1.165, 1.54) is 37.4 Å². The molecule has 3 aromatic rings. The molecule has 0 unspecified atom stereocenters. The standard InChI is InChI=1S/C23H18FNO5/c1-28-17-8-4-15(5-9-17)23(27)25-19-13-21-20(29-10-11-30-21)12-18(19)22(26)14-2-6-16(24)7-3-14/h2-9,12-13H,10-11H2,1H3,(H,25,27). The van der Waals surface area contributed by atoms with E-state index >= 15 is 0 Å². The smallest absolute Gasteiger partial charge is 0.255 e. The van der Waals surface area contributed by atoms with Gasteiger partial charge in [0.1, 0.15) is 24.8 Å². The molecular formula is C23H18FNO5. The normalized spacial score (nSPS) is 12.2. The van der Waals surface area contributed by atoms with E-state index in [-0.39, 0.29) is 22.6 Å². The molecule has 0 spiro atoms. The first-order valence-corrected chi connectivity index (χ1v) is 9.24. The number of hydrogen-bond acceptors (Lipinski definition) is 5. The number of carbonyl (C=O) groups excluding carboxylic acids is 2. The Morgan fingerprint density at radius 2 is 1.50 bits per heavy atom. The molecule has 4 rings (SSSR count). The van der Waals surface area contributed by atoms with Crippen LogP contribution in [0.4, 0.5) is 10.1 Å². The molecule has 6 nitrogen and oxygen atoms in total. The second-order valence-electron chi connectivity index (χ2n) is 6.56. The topological polar surface area (TPSA) is 73.9 Å². The van der Waals surface area contributed by atoms with E-state index in [4.69, 9.17) is 14.2 Å². The predicted octanol–water partition coefficient (Wildman–Crippen LogP) is 4.09. The second kappa shape index (κ2) is 8.24. The van der Waals surface area contributed by atoms with Crippen LogP contribution in [0.1, 0.15) is 26.3 Å². The number of ether oxygens (including phenoxy) is 3. The van der Waals surface area contributed by atoms with Gasteiger partial charge in [-0.1, -0.05) is 0 Å². The summed E-state index contributed by atoms with van der Waals surface area (Å²) in [6.07, 6.45) is 0. The number of methoxy groups -OCH3 is 1. The molecule has 1 aliphatic rings. The lowest BCUT2D eigenvalue weighted by Gasteiger charge is -2.21. The van der Waals surface area contributed by atoms with Crippen molar-refractivity contribution in [1.82, 2.24) is 0 Å². The van der Waals surface area contributed by atoms with Crippen LogP contribution in [0.3, 0.4) is 0 Å². The predicted molar refractivity (Wildman–Crippen MR) is 108 cm³/mol. The quantitative estimate of drug-likeness (QED) is 0.645. The Kier molecular flexibility index (Phi) is 5.34. The van der Waals surface area contributed by atoms with Gasteiger partial charge in [0.25, 0.3) is 5.91 Å². The number of anilines is 1. The molecule has 0 saturated heterocycles. The van der Waals surface area contributed by atoms with Crippen molar-refractivity contribution in [2.75, 3.05) is 25.6 Å². The van der Waals surface area contributed by atoms with Crippen LogP contribution in [0.15, 0.2) is 60.7 Å². The average molecular weight is 407 g/mol. The summed E-state index contributed by atoms with van der Waals surface area (Å²) in [5, 5.41) is 2.77. The number of amides is 1. The first-order valence-electron chi connectivity index (χ1n) is 9.24. The largest absolute Gasteiger partial charge is 0.497 e. The summed E-state index contributed by atoms with van der Waals surface area (Å²) in [5.41, 5.74) is 1.17. The molecule has 152 valence electrons. The number of hydrogen-bond donors (Lipinski definition) is 1. The molecule has 0 saturated carbocycles. The van der Waals surface area contributed by atoms with Gasteiger partial charge in [0.2, 0.25) is 0 Å². The summed E-state index contributed by atoms with van der Waals surface area (Å²) in [4.78, 5) is 25.8. The van der Waals surface area contributed by atoms with Gasteiger partial charge in [-0.25, -0.2) is 4.39 Å². The molecule has 7 heteroatoms. The Hall–Kier alpha value is -3.87. The van der Waals surface area contributed by atoms with Crippen molar-refractivity contribution >= 4 is 17.4 Å². The molecule has 3 aromatic carbocycles. The lowest BCUT2D eigenvalue weighted by atomic mass is 10.00. The van der Waals surface area contributed by atoms with Crippen molar-refractivity contribution in [3.63, 3.8) is 0 Å². The lowest BCUT2D eigenvalue weighted by Crippen LogP contribution is -2.19. The Morgan fingerprint density at radius 1 is 0.900 bits per heavy atom. The number of benzene rings is 3. The van der Waals surface area contributed by atoms with Crippen molar-refractivity contribution in [3.05, 3.63) is 83.2 Å². The maximum Gasteiger partial charge on any atom is 0.255 e.